The molecule has 12 N–H and O–H groups in total. The fourth-order valence-electron chi connectivity index (χ4n) is 4.59. The molecule has 0 aromatic rings. The van der Waals surface area contributed by atoms with Crippen molar-refractivity contribution >= 4 is 53.3 Å². The van der Waals surface area contributed by atoms with Crippen molar-refractivity contribution in [1.82, 2.24) is 36.8 Å². The minimum Gasteiger partial charge on any atom is -0.481 e. The topological polar surface area (TPSA) is 317 Å². The molecule has 0 aromatic heterocycles. The molecule has 2 aliphatic rings. The second-order valence-electron chi connectivity index (χ2n) is 10.4. The number of carbonyl (C=O) groups is 8. The molecule has 2 aliphatic heterocycles. The van der Waals surface area contributed by atoms with Crippen molar-refractivity contribution in [3.05, 3.63) is 0 Å². The van der Waals surface area contributed by atoms with Gasteiger partial charge in [-0.3, -0.25) is 43.3 Å². The van der Waals surface area contributed by atoms with Crippen LogP contribution in [-0.4, -0.2) is 131 Å². The highest BCUT2D eigenvalue weighted by atomic mass is 16.4. The number of hydrogen-bond donors (Lipinski definition) is 10. The lowest BCUT2D eigenvalue weighted by atomic mass is 10.1. The van der Waals surface area contributed by atoms with E-state index in [1.165, 1.54) is 6.92 Å². The summed E-state index contributed by atoms with van der Waals surface area (Å²) in [5.41, 5.74) is 10.6. The van der Waals surface area contributed by atoms with Gasteiger partial charge in [-0.15, -0.1) is 0 Å². The second kappa shape index (κ2) is 17.3. The van der Waals surface area contributed by atoms with Crippen LogP contribution >= 0.6 is 0 Å². The Morgan fingerprint density at radius 1 is 0.867 bits per heavy atom. The molecule has 0 spiro atoms. The molecule has 250 valence electrons. The predicted octanol–water partition coefficient (Wildman–Crippen LogP) is -6.30. The van der Waals surface area contributed by atoms with Crippen LogP contribution in [-0.2, 0) is 38.4 Å². The number of aliphatic imine (C=N–C) groups is 1. The summed E-state index contributed by atoms with van der Waals surface area (Å²) < 4.78 is 0. The molecule has 45 heavy (non-hydrogen) atoms. The monoisotopic (exact) mass is 640 g/mol. The van der Waals surface area contributed by atoms with Crippen LogP contribution in [0.2, 0.25) is 0 Å². The number of fused-ring (bicyclic) bond motifs is 1. The summed E-state index contributed by atoms with van der Waals surface area (Å²) >= 11 is 0. The Balaban J connectivity index is 2.33. The van der Waals surface area contributed by atoms with Gasteiger partial charge in [0, 0.05) is 13.1 Å². The number of nitrogens with one attached hydrogen (secondary N) is 6. The van der Waals surface area contributed by atoms with E-state index >= 15 is 0 Å². The third-order valence-corrected chi connectivity index (χ3v) is 6.86. The highest BCUT2D eigenvalue weighted by molar-refractivity contribution is 5.98. The number of nitrogens with two attached hydrogens (primary N) is 2. The Hall–Kier alpha value is -5.01. The van der Waals surface area contributed by atoms with Crippen molar-refractivity contribution in [1.29, 1.82) is 0 Å². The Bertz CT molecular complexity index is 1190. The first kappa shape index (κ1) is 36.2. The average molecular weight is 641 g/mol. The molecule has 0 bridgehead atoms. The maximum absolute atomic E-state index is 13.2. The molecule has 0 saturated carbocycles. The molecule has 0 aromatic carbocycles. The summed E-state index contributed by atoms with van der Waals surface area (Å²) in [6.45, 7) is -0.671. The Kier molecular flexibility index (Phi) is 13.9. The minimum atomic E-state index is -1.71. The van der Waals surface area contributed by atoms with Gasteiger partial charge < -0.3 is 58.5 Å². The fraction of sp³-hybridized carbons (Fsp3) is 0.640. The average Bonchev–Trinajstić information content (AvgIpc) is 3.47. The normalized spacial score (nSPS) is 26.1. The number of guanidine groups is 1. The van der Waals surface area contributed by atoms with Gasteiger partial charge >= 0.3 is 5.97 Å². The van der Waals surface area contributed by atoms with Crippen LogP contribution in [0, 0.1) is 0 Å². The van der Waals surface area contributed by atoms with E-state index in [4.69, 9.17) is 11.5 Å². The van der Waals surface area contributed by atoms with Crippen molar-refractivity contribution in [2.24, 2.45) is 16.5 Å². The number of nitrogens with zero attached hydrogens (tertiary/aromatic N) is 2. The van der Waals surface area contributed by atoms with Crippen LogP contribution in [0.4, 0.5) is 0 Å². The SMILES string of the molecule is C[C@@H]1NC(=O)[C@@H]2CCCN2C(=O)[C@H](CO)NC(=O)[C@@H](CC(=O)O)NC(=O)CNC(=O)[C@@H](CCCN=C(N)N)NC(=O)CNC1=O. The summed E-state index contributed by atoms with van der Waals surface area (Å²) in [5.74, 6) is -7.66. The number of carbonyl (C=O) groups excluding carboxylic acids is 7. The van der Waals surface area contributed by atoms with Gasteiger partial charge in [0.25, 0.3) is 0 Å². The third kappa shape index (κ3) is 11.5. The van der Waals surface area contributed by atoms with E-state index < -0.39 is 104 Å². The first-order valence-electron chi connectivity index (χ1n) is 14.2. The van der Waals surface area contributed by atoms with E-state index in [0.29, 0.717) is 6.42 Å². The molecule has 0 aliphatic carbocycles. The Morgan fingerprint density at radius 3 is 2.09 bits per heavy atom. The number of aliphatic hydroxyl groups is 1. The Labute approximate surface area is 257 Å². The van der Waals surface area contributed by atoms with Crippen LogP contribution in [0.15, 0.2) is 4.99 Å². The van der Waals surface area contributed by atoms with Gasteiger partial charge in [0.05, 0.1) is 26.1 Å². The molecule has 20 nitrogen and oxygen atoms in total. The van der Waals surface area contributed by atoms with Gasteiger partial charge in [0.15, 0.2) is 5.96 Å². The second-order valence-corrected chi connectivity index (χ2v) is 10.4. The molecular weight excluding hydrogens is 600 g/mol. The lowest BCUT2D eigenvalue weighted by molar-refractivity contribution is -0.144. The van der Waals surface area contributed by atoms with Gasteiger partial charge in [-0.05, 0) is 32.6 Å². The van der Waals surface area contributed by atoms with Gasteiger partial charge in [0.2, 0.25) is 41.4 Å². The largest absolute Gasteiger partial charge is 0.481 e. The molecule has 5 atom stereocenters. The molecule has 7 amide bonds. The zero-order valence-corrected chi connectivity index (χ0v) is 24.7. The number of carboxylic acid groups (broad SMARTS) is 1. The first-order chi connectivity index (χ1) is 21.2. The van der Waals surface area contributed by atoms with Gasteiger partial charge in [0.1, 0.15) is 30.2 Å². The molecule has 2 saturated heterocycles. The third-order valence-electron chi connectivity index (χ3n) is 6.86. The number of rotatable bonds is 7. The van der Waals surface area contributed by atoms with E-state index in [2.05, 4.69) is 36.9 Å². The van der Waals surface area contributed by atoms with Crippen LogP contribution in [0.25, 0.3) is 0 Å². The quantitative estimate of drug-likeness (QED) is 0.0706. The number of amides is 7. The van der Waals surface area contributed by atoms with Crippen LogP contribution in [0.5, 0.6) is 0 Å². The lowest BCUT2D eigenvalue weighted by Gasteiger charge is -2.29. The maximum Gasteiger partial charge on any atom is 0.305 e. The van der Waals surface area contributed by atoms with Crippen molar-refractivity contribution < 1.29 is 48.6 Å². The zero-order valence-electron chi connectivity index (χ0n) is 24.7. The molecule has 0 radical (unpaired) electrons. The molecule has 2 rings (SSSR count). The molecular formula is C25H40N10O10. The van der Waals surface area contributed by atoms with E-state index in [-0.39, 0.29) is 38.3 Å². The zero-order chi connectivity index (χ0) is 33.7. The highest BCUT2D eigenvalue weighted by Crippen LogP contribution is 2.19. The number of aliphatic hydroxyl groups excluding tert-OH is 1. The first-order valence-corrected chi connectivity index (χ1v) is 14.2. The van der Waals surface area contributed by atoms with E-state index in [1.54, 1.807) is 0 Å². The summed E-state index contributed by atoms with van der Waals surface area (Å²) in [5, 5.41) is 33.0. The van der Waals surface area contributed by atoms with Crippen molar-refractivity contribution in [2.45, 2.75) is 69.2 Å². The van der Waals surface area contributed by atoms with Crippen LogP contribution in [0.1, 0.15) is 39.0 Å². The summed E-state index contributed by atoms with van der Waals surface area (Å²) in [6, 6.07) is -6.72. The number of carboxylic acids is 1. The minimum absolute atomic E-state index is 0.00882. The fourth-order valence-corrected chi connectivity index (χ4v) is 4.59. The van der Waals surface area contributed by atoms with Gasteiger partial charge in [-0.2, -0.15) is 0 Å². The van der Waals surface area contributed by atoms with Crippen LogP contribution < -0.4 is 43.4 Å². The van der Waals surface area contributed by atoms with Crippen LogP contribution in [0.3, 0.4) is 0 Å². The molecule has 20 heteroatoms. The summed E-state index contributed by atoms with van der Waals surface area (Å²) in [4.78, 5) is 106. The van der Waals surface area contributed by atoms with E-state index in [9.17, 15) is 48.6 Å². The van der Waals surface area contributed by atoms with E-state index in [1.807, 2.05) is 0 Å². The molecule has 2 fully saturated rings. The van der Waals surface area contributed by atoms with Crippen molar-refractivity contribution in [2.75, 3.05) is 32.8 Å². The molecule has 0 unspecified atom stereocenters. The Morgan fingerprint density at radius 2 is 1.49 bits per heavy atom. The molecule has 2 heterocycles. The predicted molar refractivity (Wildman–Crippen MR) is 153 cm³/mol. The number of hydrogen-bond acceptors (Lipinski definition) is 10. The van der Waals surface area contributed by atoms with Gasteiger partial charge in [-0.1, -0.05) is 0 Å². The van der Waals surface area contributed by atoms with E-state index in [0.717, 1.165) is 4.90 Å². The smallest absolute Gasteiger partial charge is 0.305 e. The summed E-state index contributed by atoms with van der Waals surface area (Å²) in [6.07, 6.45) is -0.0670. The van der Waals surface area contributed by atoms with Crippen molar-refractivity contribution in [3.63, 3.8) is 0 Å². The maximum atomic E-state index is 13.2. The highest BCUT2D eigenvalue weighted by Gasteiger charge is 2.39. The summed E-state index contributed by atoms with van der Waals surface area (Å²) in [7, 11) is 0. The van der Waals surface area contributed by atoms with Crippen molar-refractivity contribution in [3.8, 4) is 0 Å². The number of aliphatic carboxylic acids is 1. The lowest BCUT2D eigenvalue weighted by Crippen LogP contribution is -2.59. The standard InChI is InChI=1S/C25H40N10O10/c1-12-20(41)29-9-17(37)32-13(4-2-6-28-25(26)27)21(42)30-10-18(38)33-14(8-19(39)40)22(43)34-15(11-36)24(45)35-7-3-5-16(35)23(44)31-12/h12-16,36H,2-11H2,1H3,(H,29,41)(H,30,42)(H,31,44)(H,32,37)(H,33,38)(H,34,43)(H,39,40)(H4,26,27,28)/t12-,13+,14+,15-,16-/m0/s1. The van der Waals surface area contributed by atoms with Gasteiger partial charge in [-0.25, -0.2) is 0 Å².